The molecule has 0 spiro atoms. The van der Waals surface area contributed by atoms with Crippen molar-refractivity contribution in [3.8, 4) is 0 Å². The maximum absolute atomic E-state index is 11.7. The van der Waals surface area contributed by atoms with Crippen LogP contribution >= 0.6 is 0 Å². The number of unbranched alkanes of at least 4 members (excludes halogenated alkanes) is 2. The molecule has 0 heterocycles. The number of amides is 1. The second-order valence-electron chi connectivity index (χ2n) is 5.17. The summed E-state index contributed by atoms with van der Waals surface area (Å²) in [5, 5.41) is 2.99. The molecule has 4 heteroatoms. The van der Waals surface area contributed by atoms with Crippen molar-refractivity contribution in [1.29, 1.82) is 0 Å². The molecule has 0 rings (SSSR count). The number of ether oxygens (including phenoxy) is 1. The minimum absolute atomic E-state index is 0.185. The van der Waals surface area contributed by atoms with Gasteiger partial charge in [-0.25, -0.2) is 0 Å². The number of hydrogen-bond donors (Lipinski definition) is 2. The van der Waals surface area contributed by atoms with Gasteiger partial charge in [0.05, 0.1) is 0 Å². The lowest BCUT2D eigenvalue weighted by Crippen LogP contribution is -2.25. The Hall–Kier alpha value is -0.610. The SMILES string of the molecule is CCCC(CCN)CCC(=O)NCCCCCOC. The molecule has 0 aliphatic heterocycles. The van der Waals surface area contributed by atoms with Crippen LogP contribution in [0, 0.1) is 5.92 Å². The molecule has 19 heavy (non-hydrogen) atoms. The summed E-state index contributed by atoms with van der Waals surface area (Å²) >= 11 is 0. The van der Waals surface area contributed by atoms with E-state index in [1.165, 1.54) is 12.8 Å². The van der Waals surface area contributed by atoms with Gasteiger partial charge in [-0.05, 0) is 44.6 Å². The molecule has 0 radical (unpaired) electrons. The molecule has 0 fully saturated rings. The first-order valence-electron chi connectivity index (χ1n) is 7.70. The molecule has 0 aromatic carbocycles. The van der Waals surface area contributed by atoms with Crippen LogP contribution in [-0.2, 0) is 9.53 Å². The maximum atomic E-state index is 11.7. The third kappa shape index (κ3) is 12.2. The molecular weight excluding hydrogens is 240 g/mol. The molecule has 0 saturated heterocycles. The van der Waals surface area contributed by atoms with Crippen LogP contribution in [0.4, 0.5) is 0 Å². The van der Waals surface area contributed by atoms with Gasteiger partial charge in [0.25, 0.3) is 0 Å². The highest BCUT2D eigenvalue weighted by Crippen LogP contribution is 2.16. The van der Waals surface area contributed by atoms with Crippen molar-refractivity contribution in [1.82, 2.24) is 5.32 Å². The van der Waals surface area contributed by atoms with Crippen molar-refractivity contribution in [2.24, 2.45) is 11.7 Å². The van der Waals surface area contributed by atoms with Crippen molar-refractivity contribution in [2.45, 2.75) is 58.3 Å². The second-order valence-corrected chi connectivity index (χ2v) is 5.17. The highest BCUT2D eigenvalue weighted by molar-refractivity contribution is 5.75. The zero-order valence-corrected chi connectivity index (χ0v) is 12.7. The fourth-order valence-electron chi connectivity index (χ4n) is 2.28. The van der Waals surface area contributed by atoms with Gasteiger partial charge in [0.15, 0.2) is 0 Å². The summed E-state index contributed by atoms with van der Waals surface area (Å²) in [4.78, 5) is 11.7. The van der Waals surface area contributed by atoms with E-state index in [9.17, 15) is 4.79 Å². The van der Waals surface area contributed by atoms with Gasteiger partial charge in [-0.1, -0.05) is 19.8 Å². The summed E-state index contributed by atoms with van der Waals surface area (Å²) in [5.41, 5.74) is 5.59. The number of carbonyl (C=O) groups is 1. The van der Waals surface area contributed by atoms with Gasteiger partial charge >= 0.3 is 0 Å². The van der Waals surface area contributed by atoms with Gasteiger partial charge in [-0.3, -0.25) is 4.79 Å². The summed E-state index contributed by atoms with van der Waals surface area (Å²) in [5.74, 6) is 0.798. The van der Waals surface area contributed by atoms with Crippen LogP contribution in [0.1, 0.15) is 58.3 Å². The Morgan fingerprint density at radius 1 is 1.21 bits per heavy atom. The van der Waals surface area contributed by atoms with Crippen molar-refractivity contribution < 1.29 is 9.53 Å². The van der Waals surface area contributed by atoms with E-state index in [1.807, 2.05) is 0 Å². The fourth-order valence-corrected chi connectivity index (χ4v) is 2.28. The van der Waals surface area contributed by atoms with E-state index in [0.29, 0.717) is 12.3 Å². The predicted molar refractivity (Wildman–Crippen MR) is 80.0 cm³/mol. The first-order valence-corrected chi connectivity index (χ1v) is 7.70. The van der Waals surface area contributed by atoms with Crippen LogP contribution in [0.15, 0.2) is 0 Å². The van der Waals surface area contributed by atoms with Gasteiger partial charge in [0.1, 0.15) is 0 Å². The molecule has 0 saturated carbocycles. The number of rotatable bonds is 13. The highest BCUT2D eigenvalue weighted by Gasteiger charge is 2.09. The van der Waals surface area contributed by atoms with Crippen LogP contribution in [0.2, 0.25) is 0 Å². The topological polar surface area (TPSA) is 64.4 Å². The zero-order chi connectivity index (χ0) is 14.3. The quantitative estimate of drug-likeness (QED) is 0.506. The monoisotopic (exact) mass is 272 g/mol. The van der Waals surface area contributed by atoms with Gasteiger partial charge in [-0.15, -0.1) is 0 Å². The largest absolute Gasteiger partial charge is 0.385 e. The Labute approximate surface area is 118 Å². The molecule has 0 aromatic heterocycles. The van der Waals surface area contributed by atoms with Crippen molar-refractivity contribution in [3.63, 3.8) is 0 Å². The molecule has 1 unspecified atom stereocenters. The van der Waals surface area contributed by atoms with Gasteiger partial charge in [0.2, 0.25) is 5.91 Å². The van der Waals surface area contributed by atoms with E-state index in [0.717, 1.165) is 51.8 Å². The molecular formula is C15H32N2O2. The first-order chi connectivity index (χ1) is 9.24. The van der Waals surface area contributed by atoms with Crippen LogP contribution in [0.3, 0.4) is 0 Å². The minimum atomic E-state index is 0.185. The smallest absolute Gasteiger partial charge is 0.220 e. The van der Waals surface area contributed by atoms with E-state index in [1.54, 1.807) is 7.11 Å². The summed E-state index contributed by atoms with van der Waals surface area (Å²) < 4.78 is 4.98. The third-order valence-electron chi connectivity index (χ3n) is 3.40. The van der Waals surface area contributed by atoms with E-state index < -0.39 is 0 Å². The van der Waals surface area contributed by atoms with Gasteiger partial charge in [-0.2, -0.15) is 0 Å². The molecule has 0 aromatic rings. The Morgan fingerprint density at radius 3 is 2.63 bits per heavy atom. The normalized spacial score (nSPS) is 12.4. The number of carbonyl (C=O) groups excluding carboxylic acids is 1. The van der Waals surface area contributed by atoms with Crippen LogP contribution in [0.25, 0.3) is 0 Å². The lowest BCUT2D eigenvalue weighted by atomic mass is 9.94. The maximum Gasteiger partial charge on any atom is 0.220 e. The van der Waals surface area contributed by atoms with Crippen molar-refractivity contribution in [2.75, 3.05) is 26.8 Å². The number of nitrogens with one attached hydrogen (secondary N) is 1. The van der Waals surface area contributed by atoms with Crippen LogP contribution in [-0.4, -0.2) is 32.7 Å². The van der Waals surface area contributed by atoms with Crippen molar-refractivity contribution >= 4 is 5.91 Å². The minimum Gasteiger partial charge on any atom is -0.385 e. The lowest BCUT2D eigenvalue weighted by Gasteiger charge is -2.14. The Bertz CT molecular complexity index is 204. The first kappa shape index (κ1) is 18.4. The van der Waals surface area contributed by atoms with Gasteiger partial charge in [0, 0.05) is 26.7 Å². The third-order valence-corrected chi connectivity index (χ3v) is 3.40. The molecule has 114 valence electrons. The second kappa shape index (κ2) is 13.8. The fraction of sp³-hybridized carbons (Fsp3) is 0.933. The number of methoxy groups -OCH3 is 1. The van der Waals surface area contributed by atoms with E-state index in [-0.39, 0.29) is 5.91 Å². The predicted octanol–water partition coefficient (Wildman–Crippen LogP) is 2.46. The van der Waals surface area contributed by atoms with E-state index in [2.05, 4.69) is 12.2 Å². The summed E-state index contributed by atoms with van der Waals surface area (Å²) in [7, 11) is 1.72. The molecule has 4 nitrogen and oxygen atoms in total. The van der Waals surface area contributed by atoms with Crippen LogP contribution in [0.5, 0.6) is 0 Å². The highest BCUT2D eigenvalue weighted by atomic mass is 16.5. The van der Waals surface area contributed by atoms with E-state index in [4.69, 9.17) is 10.5 Å². The number of nitrogens with two attached hydrogens (primary N) is 1. The lowest BCUT2D eigenvalue weighted by molar-refractivity contribution is -0.121. The summed E-state index contributed by atoms with van der Waals surface area (Å²) in [6.45, 7) is 4.51. The standard InChI is InChI=1S/C15H32N2O2/c1-3-7-14(10-11-16)8-9-15(18)17-12-5-4-6-13-19-2/h14H,3-13,16H2,1-2H3,(H,17,18). The molecule has 0 aliphatic carbocycles. The molecule has 0 aliphatic rings. The Morgan fingerprint density at radius 2 is 2.00 bits per heavy atom. The zero-order valence-electron chi connectivity index (χ0n) is 12.7. The molecule has 0 bridgehead atoms. The van der Waals surface area contributed by atoms with E-state index >= 15 is 0 Å². The Kier molecular flexibility index (Phi) is 13.4. The molecule has 3 N–H and O–H groups in total. The molecule has 1 atom stereocenters. The average Bonchev–Trinajstić information content (AvgIpc) is 2.40. The van der Waals surface area contributed by atoms with Crippen LogP contribution < -0.4 is 11.1 Å². The average molecular weight is 272 g/mol. The van der Waals surface area contributed by atoms with Crippen molar-refractivity contribution in [3.05, 3.63) is 0 Å². The Balaban J connectivity index is 3.50. The summed E-state index contributed by atoms with van der Waals surface area (Å²) in [6, 6.07) is 0. The number of hydrogen-bond acceptors (Lipinski definition) is 3. The van der Waals surface area contributed by atoms with Gasteiger partial charge < -0.3 is 15.8 Å². The summed E-state index contributed by atoms with van der Waals surface area (Å²) in [6.07, 6.45) is 8.23. The molecule has 1 amide bonds.